The second-order valence-electron chi connectivity index (χ2n) is 12.4. The molecule has 0 unspecified atom stereocenters. The van der Waals surface area contributed by atoms with E-state index in [1.165, 1.54) is 21.9 Å². The molecule has 2 aromatic heterocycles. The van der Waals surface area contributed by atoms with Crippen molar-refractivity contribution >= 4 is 54.3 Å². The lowest BCUT2D eigenvalue weighted by Gasteiger charge is -2.10. The van der Waals surface area contributed by atoms with E-state index in [9.17, 15) is 0 Å². The number of fused-ring (bicyclic) bond motifs is 8. The zero-order valence-corrected chi connectivity index (χ0v) is 26.3. The minimum absolute atomic E-state index is 0.605. The molecule has 10 aromatic rings. The quantitative estimate of drug-likeness (QED) is 0.183. The van der Waals surface area contributed by atoms with Gasteiger partial charge in [0.25, 0.3) is 0 Å². The number of rotatable bonds is 4. The Balaban J connectivity index is 1.20. The first kappa shape index (κ1) is 27.5. The summed E-state index contributed by atoms with van der Waals surface area (Å²) in [5, 5.41) is 8.94. The van der Waals surface area contributed by atoms with E-state index in [0.717, 1.165) is 60.2 Å². The molecule has 0 radical (unpaired) electrons. The van der Waals surface area contributed by atoms with Crippen molar-refractivity contribution < 1.29 is 4.42 Å². The Morgan fingerprint density at radius 2 is 0.980 bits per heavy atom. The van der Waals surface area contributed by atoms with Crippen molar-refractivity contribution in [1.82, 2.24) is 15.0 Å². The summed E-state index contributed by atoms with van der Waals surface area (Å²) in [4.78, 5) is 15.3. The number of hydrogen-bond acceptors (Lipinski definition) is 4. The van der Waals surface area contributed by atoms with E-state index < -0.39 is 0 Å². The average molecular weight is 626 g/mol. The van der Waals surface area contributed by atoms with Crippen LogP contribution in [0.1, 0.15) is 0 Å². The SMILES string of the molecule is c1ccc(-c2ccc3ccc(-c4nc(-c5ccccc5)nc(-c5cccc6oc7c(ccc8ccc9ccccc9c87)c56)n4)cc3c2)cc1. The summed E-state index contributed by atoms with van der Waals surface area (Å²) >= 11 is 0. The van der Waals surface area contributed by atoms with Gasteiger partial charge in [-0.05, 0) is 62.3 Å². The van der Waals surface area contributed by atoms with E-state index in [2.05, 4.69) is 115 Å². The highest BCUT2D eigenvalue weighted by atomic mass is 16.3. The van der Waals surface area contributed by atoms with Crippen LogP contribution in [0.25, 0.3) is 99.5 Å². The van der Waals surface area contributed by atoms with Gasteiger partial charge in [-0.25, -0.2) is 15.0 Å². The lowest BCUT2D eigenvalue weighted by atomic mass is 9.98. The molecule has 8 aromatic carbocycles. The molecule has 0 spiro atoms. The van der Waals surface area contributed by atoms with Crippen LogP contribution >= 0.6 is 0 Å². The molecule has 0 atom stereocenters. The summed E-state index contributed by atoms with van der Waals surface area (Å²) in [6.07, 6.45) is 0. The Hall–Kier alpha value is -6.65. The predicted molar refractivity (Wildman–Crippen MR) is 201 cm³/mol. The summed E-state index contributed by atoms with van der Waals surface area (Å²) in [6.45, 7) is 0. The molecule has 0 saturated heterocycles. The van der Waals surface area contributed by atoms with Crippen molar-refractivity contribution in [3.05, 3.63) is 164 Å². The average Bonchev–Trinajstić information content (AvgIpc) is 3.57. The van der Waals surface area contributed by atoms with Gasteiger partial charge in [0.15, 0.2) is 17.5 Å². The zero-order valence-electron chi connectivity index (χ0n) is 26.3. The topological polar surface area (TPSA) is 51.8 Å². The van der Waals surface area contributed by atoms with Crippen molar-refractivity contribution in [1.29, 1.82) is 0 Å². The molecule has 0 aliphatic heterocycles. The van der Waals surface area contributed by atoms with E-state index in [1.54, 1.807) is 0 Å². The van der Waals surface area contributed by atoms with Crippen LogP contribution in [0.15, 0.2) is 168 Å². The molecular formula is C45H27N3O. The Labute approximate surface area is 282 Å². The molecule has 4 nitrogen and oxygen atoms in total. The summed E-state index contributed by atoms with van der Waals surface area (Å²) in [5.74, 6) is 1.85. The van der Waals surface area contributed by atoms with Gasteiger partial charge >= 0.3 is 0 Å². The molecule has 0 N–H and O–H groups in total. The minimum atomic E-state index is 0.605. The van der Waals surface area contributed by atoms with E-state index in [-0.39, 0.29) is 0 Å². The zero-order chi connectivity index (χ0) is 32.3. The van der Waals surface area contributed by atoms with Crippen molar-refractivity contribution in [2.45, 2.75) is 0 Å². The molecule has 10 rings (SSSR count). The summed E-state index contributed by atoms with van der Waals surface area (Å²) in [5.41, 5.74) is 6.80. The molecule has 49 heavy (non-hydrogen) atoms. The molecule has 0 bridgehead atoms. The second kappa shape index (κ2) is 11.0. The smallest absolute Gasteiger partial charge is 0.164 e. The van der Waals surface area contributed by atoms with Crippen molar-refractivity contribution in [2.24, 2.45) is 0 Å². The summed E-state index contributed by atoms with van der Waals surface area (Å²) in [7, 11) is 0. The van der Waals surface area contributed by atoms with Gasteiger partial charge in [0.1, 0.15) is 11.2 Å². The van der Waals surface area contributed by atoms with Gasteiger partial charge in [-0.3, -0.25) is 0 Å². The monoisotopic (exact) mass is 625 g/mol. The fourth-order valence-electron chi connectivity index (χ4n) is 7.10. The lowest BCUT2D eigenvalue weighted by molar-refractivity contribution is 0.673. The fraction of sp³-hybridized carbons (Fsp3) is 0. The number of benzene rings is 8. The van der Waals surface area contributed by atoms with Crippen LogP contribution in [0.4, 0.5) is 0 Å². The highest BCUT2D eigenvalue weighted by molar-refractivity contribution is 6.24. The largest absolute Gasteiger partial charge is 0.455 e. The van der Waals surface area contributed by atoms with Gasteiger partial charge in [-0.1, -0.05) is 140 Å². The highest BCUT2D eigenvalue weighted by Gasteiger charge is 2.19. The predicted octanol–water partition coefficient (Wildman–Crippen LogP) is 11.9. The first-order chi connectivity index (χ1) is 24.3. The number of hydrogen-bond donors (Lipinski definition) is 0. The molecule has 0 aliphatic rings. The van der Waals surface area contributed by atoms with Crippen LogP contribution in [0, 0.1) is 0 Å². The molecule has 0 saturated carbocycles. The Morgan fingerprint density at radius 3 is 1.82 bits per heavy atom. The van der Waals surface area contributed by atoms with Crippen LogP contribution in [-0.4, -0.2) is 15.0 Å². The second-order valence-corrected chi connectivity index (χ2v) is 12.4. The summed E-state index contributed by atoms with van der Waals surface area (Å²) < 4.78 is 6.69. The minimum Gasteiger partial charge on any atom is -0.455 e. The standard InChI is InChI=1S/C45H27N3O/c1-3-10-28(11-4-1)33-22-18-29-19-23-34(27-35(29)26-33)44-46-43(32-13-5-2-6-14-32)47-45(48-44)38-16-9-17-39-41(38)37-25-24-31-21-20-30-12-7-8-15-36(30)40(31)42(37)49-39/h1-27H. The van der Waals surface area contributed by atoms with E-state index >= 15 is 0 Å². The third-order valence-corrected chi connectivity index (χ3v) is 9.48. The molecule has 0 amide bonds. The Bertz CT molecular complexity index is 2880. The van der Waals surface area contributed by atoms with Gasteiger partial charge in [-0.15, -0.1) is 0 Å². The normalized spacial score (nSPS) is 11.7. The van der Waals surface area contributed by atoms with E-state index in [4.69, 9.17) is 19.4 Å². The van der Waals surface area contributed by atoms with Gasteiger partial charge in [-0.2, -0.15) is 0 Å². The molecular weight excluding hydrogens is 599 g/mol. The van der Waals surface area contributed by atoms with Gasteiger partial charge < -0.3 is 4.42 Å². The van der Waals surface area contributed by atoms with Crippen LogP contribution in [0.2, 0.25) is 0 Å². The third-order valence-electron chi connectivity index (χ3n) is 9.48. The maximum absolute atomic E-state index is 6.69. The van der Waals surface area contributed by atoms with E-state index in [0.29, 0.717) is 17.5 Å². The molecule has 0 fully saturated rings. The maximum atomic E-state index is 6.69. The van der Waals surface area contributed by atoms with Crippen molar-refractivity contribution in [3.63, 3.8) is 0 Å². The Morgan fingerprint density at radius 1 is 0.347 bits per heavy atom. The first-order valence-electron chi connectivity index (χ1n) is 16.4. The molecule has 228 valence electrons. The van der Waals surface area contributed by atoms with Gasteiger partial charge in [0.05, 0.1) is 0 Å². The molecule has 0 aliphatic carbocycles. The van der Waals surface area contributed by atoms with Crippen LogP contribution in [-0.2, 0) is 0 Å². The number of furan rings is 1. The molecule has 4 heteroatoms. The number of aromatic nitrogens is 3. The maximum Gasteiger partial charge on any atom is 0.164 e. The van der Waals surface area contributed by atoms with Crippen molar-refractivity contribution in [3.8, 4) is 45.3 Å². The van der Waals surface area contributed by atoms with Crippen LogP contribution in [0.3, 0.4) is 0 Å². The van der Waals surface area contributed by atoms with E-state index in [1.807, 2.05) is 48.5 Å². The highest BCUT2D eigenvalue weighted by Crippen LogP contribution is 2.41. The van der Waals surface area contributed by atoms with Gasteiger partial charge in [0.2, 0.25) is 0 Å². The Kier molecular flexibility index (Phi) is 6.15. The lowest BCUT2D eigenvalue weighted by Crippen LogP contribution is -2.00. The third kappa shape index (κ3) is 4.57. The fourth-order valence-corrected chi connectivity index (χ4v) is 7.10. The summed E-state index contributed by atoms with van der Waals surface area (Å²) in [6, 6.07) is 56.9. The van der Waals surface area contributed by atoms with Crippen molar-refractivity contribution in [2.75, 3.05) is 0 Å². The van der Waals surface area contributed by atoms with Crippen LogP contribution in [0.5, 0.6) is 0 Å². The molecule has 2 heterocycles. The number of nitrogens with zero attached hydrogens (tertiary/aromatic N) is 3. The van der Waals surface area contributed by atoms with Crippen LogP contribution < -0.4 is 0 Å². The first-order valence-corrected chi connectivity index (χ1v) is 16.4. The van der Waals surface area contributed by atoms with Gasteiger partial charge in [0, 0.05) is 32.8 Å².